The second-order valence-corrected chi connectivity index (χ2v) is 4.40. The maximum Gasteiger partial charge on any atom is 0.236 e. The van der Waals surface area contributed by atoms with E-state index in [4.69, 9.17) is 5.73 Å². The van der Waals surface area contributed by atoms with Crippen LogP contribution in [0.3, 0.4) is 0 Å². The molecule has 1 fully saturated rings. The number of carbonyl (C=O) groups excluding carboxylic acids is 1. The fourth-order valence-corrected chi connectivity index (χ4v) is 2.00. The van der Waals surface area contributed by atoms with Gasteiger partial charge in [-0.25, -0.2) is 0 Å². The van der Waals surface area contributed by atoms with Crippen LogP contribution in [-0.2, 0) is 11.3 Å². The van der Waals surface area contributed by atoms with Gasteiger partial charge in [0, 0.05) is 17.1 Å². The van der Waals surface area contributed by atoms with Crippen LogP contribution in [0.15, 0.2) is 11.7 Å². The van der Waals surface area contributed by atoms with Crippen LogP contribution in [0.25, 0.3) is 0 Å². The lowest BCUT2D eigenvalue weighted by molar-refractivity contribution is -0.130. The first kappa shape index (κ1) is 9.61. The van der Waals surface area contributed by atoms with Crippen molar-refractivity contribution in [2.45, 2.75) is 25.4 Å². The van der Waals surface area contributed by atoms with Gasteiger partial charge in [0.05, 0.1) is 18.6 Å². The highest BCUT2D eigenvalue weighted by Crippen LogP contribution is 2.28. The highest BCUT2D eigenvalue weighted by Gasteiger charge is 2.31. The molecule has 0 bridgehead atoms. The highest BCUT2D eigenvalue weighted by atomic mass is 32.1. The number of aromatic nitrogens is 1. The molecule has 0 saturated heterocycles. The Morgan fingerprint density at radius 2 is 2.50 bits per heavy atom. The summed E-state index contributed by atoms with van der Waals surface area (Å²) in [7, 11) is 0. The van der Waals surface area contributed by atoms with Gasteiger partial charge < -0.3 is 10.6 Å². The average Bonchev–Trinajstić information content (AvgIpc) is 2.92. The van der Waals surface area contributed by atoms with E-state index in [1.165, 1.54) is 0 Å². The standard InChI is InChI=1S/C9H13N3OS/c10-3-9(13)12(7-1-2-7)5-8-4-11-6-14-8/h4,6-7H,1-3,5,10H2. The first-order valence-corrected chi connectivity index (χ1v) is 5.56. The number of thiazole rings is 1. The summed E-state index contributed by atoms with van der Waals surface area (Å²) in [6.45, 7) is 0.778. The normalized spacial score (nSPS) is 15.5. The molecule has 0 aromatic carbocycles. The minimum Gasteiger partial charge on any atom is -0.333 e. The quantitative estimate of drug-likeness (QED) is 0.793. The molecule has 5 heteroatoms. The van der Waals surface area contributed by atoms with Crippen molar-refractivity contribution in [3.63, 3.8) is 0 Å². The SMILES string of the molecule is NCC(=O)N(Cc1cncs1)C1CC1. The lowest BCUT2D eigenvalue weighted by atomic mass is 10.4. The Labute approximate surface area is 86.7 Å². The molecule has 1 aliphatic carbocycles. The third-order valence-electron chi connectivity index (χ3n) is 2.29. The molecule has 0 spiro atoms. The first-order valence-electron chi connectivity index (χ1n) is 4.68. The van der Waals surface area contributed by atoms with Crippen molar-refractivity contribution in [2.75, 3.05) is 6.54 Å². The molecule has 1 amide bonds. The van der Waals surface area contributed by atoms with Gasteiger partial charge in [-0.2, -0.15) is 0 Å². The van der Waals surface area contributed by atoms with Crippen molar-refractivity contribution >= 4 is 17.2 Å². The number of hydrogen-bond acceptors (Lipinski definition) is 4. The van der Waals surface area contributed by atoms with Crippen molar-refractivity contribution in [3.05, 3.63) is 16.6 Å². The number of nitrogens with zero attached hydrogens (tertiary/aromatic N) is 2. The van der Waals surface area contributed by atoms with E-state index < -0.39 is 0 Å². The Kier molecular flexibility index (Phi) is 2.79. The lowest BCUT2D eigenvalue weighted by Gasteiger charge is -2.20. The highest BCUT2D eigenvalue weighted by molar-refractivity contribution is 7.09. The molecule has 0 radical (unpaired) electrons. The van der Waals surface area contributed by atoms with E-state index >= 15 is 0 Å². The summed E-state index contributed by atoms with van der Waals surface area (Å²) in [5, 5.41) is 0. The van der Waals surface area contributed by atoms with Crippen LogP contribution in [0.5, 0.6) is 0 Å². The summed E-state index contributed by atoms with van der Waals surface area (Å²) in [6, 6.07) is 0.424. The maximum absolute atomic E-state index is 11.5. The molecule has 14 heavy (non-hydrogen) atoms. The molecular weight excluding hydrogens is 198 g/mol. The largest absolute Gasteiger partial charge is 0.333 e. The van der Waals surface area contributed by atoms with Gasteiger partial charge in [-0.3, -0.25) is 9.78 Å². The minimum absolute atomic E-state index is 0.0425. The number of amides is 1. The average molecular weight is 211 g/mol. The molecule has 2 N–H and O–H groups in total. The zero-order chi connectivity index (χ0) is 9.97. The van der Waals surface area contributed by atoms with Crippen LogP contribution < -0.4 is 5.73 Å². The predicted molar refractivity (Wildman–Crippen MR) is 54.7 cm³/mol. The molecule has 4 nitrogen and oxygen atoms in total. The van der Waals surface area contributed by atoms with Crippen molar-refractivity contribution in [3.8, 4) is 0 Å². The fraction of sp³-hybridized carbons (Fsp3) is 0.556. The van der Waals surface area contributed by atoms with E-state index in [1.807, 2.05) is 11.1 Å². The van der Waals surface area contributed by atoms with E-state index in [-0.39, 0.29) is 12.5 Å². The fourth-order valence-electron chi connectivity index (χ4n) is 1.41. The van der Waals surface area contributed by atoms with Crippen LogP contribution >= 0.6 is 11.3 Å². The van der Waals surface area contributed by atoms with E-state index in [9.17, 15) is 4.79 Å². The Bertz CT molecular complexity index is 308. The predicted octanol–water partition coefficient (Wildman–Crippen LogP) is 0.593. The molecular formula is C9H13N3OS. The first-order chi connectivity index (χ1) is 6.81. The Morgan fingerprint density at radius 3 is 3.00 bits per heavy atom. The molecule has 0 aliphatic heterocycles. The van der Waals surface area contributed by atoms with E-state index in [1.54, 1.807) is 16.8 Å². The molecule has 0 atom stereocenters. The molecule has 1 aromatic rings. The Morgan fingerprint density at radius 1 is 1.71 bits per heavy atom. The zero-order valence-electron chi connectivity index (χ0n) is 7.85. The van der Waals surface area contributed by atoms with Gasteiger partial charge in [0.1, 0.15) is 0 Å². The van der Waals surface area contributed by atoms with Gasteiger partial charge >= 0.3 is 0 Å². The van der Waals surface area contributed by atoms with Crippen LogP contribution in [0.4, 0.5) is 0 Å². The molecule has 1 saturated carbocycles. The van der Waals surface area contributed by atoms with Gasteiger partial charge in [-0.15, -0.1) is 11.3 Å². The van der Waals surface area contributed by atoms with E-state index in [0.717, 1.165) is 17.7 Å². The van der Waals surface area contributed by atoms with E-state index in [0.29, 0.717) is 12.6 Å². The van der Waals surface area contributed by atoms with E-state index in [2.05, 4.69) is 4.98 Å². The van der Waals surface area contributed by atoms with Gasteiger partial charge in [-0.05, 0) is 12.8 Å². The summed E-state index contributed by atoms with van der Waals surface area (Å²) in [6.07, 6.45) is 4.04. The second-order valence-electron chi connectivity index (χ2n) is 3.42. The molecule has 0 unspecified atom stereocenters. The van der Waals surface area contributed by atoms with Crippen LogP contribution in [-0.4, -0.2) is 28.4 Å². The van der Waals surface area contributed by atoms with Gasteiger partial charge in [0.15, 0.2) is 0 Å². The monoisotopic (exact) mass is 211 g/mol. The van der Waals surface area contributed by atoms with Crippen LogP contribution in [0.1, 0.15) is 17.7 Å². The van der Waals surface area contributed by atoms with Crippen molar-refractivity contribution in [2.24, 2.45) is 5.73 Å². The molecule has 1 aromatic heterocycles. The summed E-state index contributed by atoms with van der Waals surface area (Å²) >= 11 is 1.58. The number of hydrogen-bond donors (Lipinski definition) is 1. The third kappa shape index (κ3) is 2.10. The van der Waals surface area contributed by atoms with Gasteiger partial charge in [0.2, 0.25) is 5.91 Å². The molecule has 76 valence electrons. The summed E-state index contributed by atoms with van der Waals surface area (Å²) < 4.78 is 0. The Balaban J connectivity index is 2.00. The van der Waals surface area contributed by atoms with Crippen LogP contribution in [0, 0.1) is 0 Å². The van der Waals surface area contributed by atoms with Crippen molar-refractivity contribution < 1.29 is 4.79 Å². The second kappa shape index (κ2) is 4.06. The van der Waals surface area contributed by atoms with Gasteiger partial charge in [-0.1, -0.05) is 0 Å². The summed E-state index contributed by atoms with van der Waals surface area (Å²) in [5.41, 5.74) is 7.15. The summed E-state index contributed by atoms with van der Waals surface area (Å²) in [4.78, 5) is 18.5. The Hall–Kier alpha value is -0.940. The number of nitrogens with two attached hydrogens (primary N) is 1. The summed E-state index contributed by atoms with van der Waals surface area (Å²) in [5.74, 6) is 0.0425. The smallest absolute Gasteiger partial charge is 0.236 e. The topological polar surface area (TPSA) is 59.2 Å². The van der Waals surface area contributed by atoms with Crippen LogP contribution in [0.2, 0.25) is 0 Å². The van der Waals surface area contributed by atoms with Crippen molar-refractivity contribution in [1.29, 1.82) is 0 Å². The molecule has 2 rings (SSSR count). The van der Waals surface area contributed by atoms with Crippen molar-refractivity contribution in [1.82, 2.24) is 9.88 Å². The number of carbonyl (C=O) groups is 1. The third-order valence-corrected chi connectivity index (χ3v) is 3.06. The minimum atomic E-state index is 0.0425. The molecule has 1 heterocycles. The lowest BCUT2D eigenvalue weighted by Crippen LogP contribution is -2.36. The van der Waals surface area contributed by atoms with Gasteiger partial charge in [0.25, 0.3) is 0 Å². The molecule has 1 aliphatic rings. The maximum atomic E-state index is 11.5. The zero-order valence-corrected chi connectivity index (χ0v) is 8.67. The number of rotatable bonds is 4.